The standard InChI is InChI=1S/C31H27N3O4S/c1-17(2)13-25-32-33-31(39-25)34-27(20-9-8-12-22(16-20)37-21-10-6-5-7-11-21)26-28(35)23-14-18(3)19(4)15-24(23)38-29(26)30(34)36/h5-12,14-17,27H,13H2,1-4H3. The lowest BCUT2D eigenvalue weighted by molar-refractivity contribution is 0.0970. The van der Waals surface area contributed by atoms with Crippen molar-refractivity contribution in [2.24, 2.45) is 5.92 Å². The van der Waals surface area contributed by atoms with Gasteiger partial charge in [0.1, 0.15) is 22.1 Å². The van der Waals surface area contributed by atoms with Gasteiger partial charge in [-0.15, -0.1) is 10.2 Å². The third-order valence-corrected chi connectivity index (χ3v) is 7.83. The van der Waals surface area contributed by atoms with Crippen molar-refractivity contribution in [3.05, 3.63) is 110 Å². The Balaban J connectivity index is 1.53. The maximum atomic E-state index is 14.0. The Morgan fingerprint density at radius 2 is 1.69 bits per heavy atom. The van der Waals surface area contributed by atoms with Gasteiger partial charge in [0.25, 0.3) is 5.91 Å². The summed E-state index contributed by atoms with van der Waals surface area (Å²) in [6.45, 7) is 8.13. The minimum atomic E-state index is -0.742. The van der Waals surface area contributed by atoms with Crippen LogP contribution in [0.15, 0.2) is 75.9 Å². The summed E-state index contributed by atoms with van der Waals surface area (Å²) >= 11 is 1.36. The van der Waals surface area contributed by atoms with Gasteiger partial charge in [0, 0.05) is 6.42 Å². The van der Waals surface area contributed by atoms with Gasteiger partial charge in [-0.25, -0.2) is 0 Å². The van der Waals surface area contributed by atoms with Crippen LogP contribution in [-0.2, 0) is 6.42 Å². The van der Waals surface area contributed by atoms with Crippen LogP contribution < -0.4 is 15.1 Å². The largest absolute Gasteiger partial charge is 0.457 e. The lowest BCUT2D eigenvalue weighted by atomic mass is 9.97. The molecule has 1 amide bonds. The topological polar surface area (TPSA) is 85.5 Å². The van der Waals surface area contributed by atoms with E-state index in [0.29, 0.717) is 44.6 Å². The van der Waals surface area contributed by atoms with E-state index < -0.39 is 11.9 Å². The summed E-state index contributed by atoms with van der Waals surface area (Å²) in [6.07, 6.45) is 0.747. The third-order valence-electron chi connectivity index (χ3n) is 6.88. The molecule has 0 bridgehead atoms. The molecule has 1 aliphatic rings. The summed E-state index contributed by atoms with van der Waals surface area (Å²) in [5.74, 6) is 1.30. The van der Waals surface area contributed by atoms with Crippen LogP contribution in [0.5, 0.6) is 11.5 Å². The summed E-state index contributed by atoms with van der Waals surface area (Å²) < 4.78 is 12.2. The number of aryl methyl sites for hydroxylation is 2. The molecular formula is C31H27N3O4S. The molecule has 6 rings (SSSR count). The first-order valence-electron chi connectivity index (χ1n) is 12.9. The number of hydrogen-bond donors (Lipinski definition) is 0. The number of amides is 1. The number of ether oxygens (including phenoxy) is 1. The number of carbonyl (C=O) groups is 1. The zero-order valence-corrected chi connectivity index (χ0v) is 22.9. The van der Waals surface area contributed by atoms with E-state index in [1.807, 2.05) is 80.6 Å². The highest BCUT2D eigenvalue weighted by Crippen LogP contribution is 2.43. The Morgan fingerprint density at radius 1 is 0.949 bits per heavy atom. The fourth-order valence-electron chi connectivity index (χ4n) is 4.89. The highest BCUT2D eigenvalue weighted by atomic mass is 32.1. The highest BCUT2D eigenvalue weighted by molar-refractivity contribution is 7.15. The number of para-hydroxylation sites is 1. The summed E-state index contributed by atoms with van der Waals surface area (Å²) in [4.78, 5) is 29.5. The molecular weight excluding hydrogens is 510 g/mol. The minimum absolute atomic E-state index is 0.0377. The fraction of sp³-hybridized carbons (Fsp3) is 0.226. The van der Waals surface area contributed by atoms with Gasteiger partial charge >= 0.3 is 0 Å². The lowest BCUT2D eigenvalue weighted by Crippen LogP contribution is -2.29. The van der Waals surface area contributed by atoms with Crippen molar-refractivity contribution in [2.75, 3.05) is 4.90 Å². The van der Waals surface area contributed by atoms with E-state index in [1.54, 1.807) is 0 Å². The molecule has 0 fully saturated rings. The third kappa shape index (κ3) is 4.51. The molecule has 0 radical (unpaired) electrons. The molecule has 196 valence electrons. The molecule has 5 aromatic rings. The number of rotatable bonds is 6. The number of aromatic nitrogens is 2. The molecule has 7 nitrogen and oxygen atoms in total. The molecule has 1 aliphatic heterocycles. The van der Waals surface area contributed by atoms with E-state index in [9.17, 15) is 9.59 Å². The average Bonchev–Trinajstić information content (AvgIpc) is 3.48. The van der Waals surface area contributed by atoms with Gasteiger partial charge in [-0.05, 0) is 72.9 Å². The first kappa shape index (κ1) is 25.0. The molecule has 1 atom stereocenters. The van der Waals surface area contributed by atoms with Gasteiger partial charge < -0.3 is 9.15 Å². The van der Waals surface area contributed by atoms with Crippen LogP contribution in [0.4, 0.5) is 5.13 Å². The van der Waals surface area contributed by atoms with Gasteiger partial charge in [0.05, 0.1) is 17.0 Å². The Kier molecular flexibility index (Phi) is 6.27. The number of anilines is 1. The lowest BCUT2D eigenvalue weighted by Gasteiger charge is -2.22. The summed E-state index contributed by atoms with van der Waals surface area (Å²) in [5.41, 5.74) is 3.15. The SMILES string of the molecule is Cc1cc2oc3c(c(=O)c2cc1C)C(c1cccc(Oc2ccccc2)c1)N(c1nnc(CC(C)C)s1)C3=O. The number of fused-ring (bicyclic) bond motifs is 2. The Bertz CT molecular complexity index is 1770. The molecule has 0 spiro atoms. The molecule has 8 heteroatoms. The Morgan fingerprint density at radius 3 is 2.46 bits per heavy atom. The molecule has 3 heterocycles. The smallest absolute Gasteiger partial charge is 0.297 e. The van der Waals surface area contributed by atoms with E-state index in [-0.39, 0.29) is 11.2 Å². The van der Waals surface area contributed by atoms with E-state index in [4.69, 9.17) is 9.15 Å². The molecule has 3 aromatic carbocycles. The van der Waals surface area contributed by atoms with Crippen LogP contribution in [-0.4, -0.2) is 16.1 Å². The van der Waals surface area contributed by atoms with Crippen molar-refractivity contribution >= 4 is 33.3 Å². The van der Waals surface area contributed by atoms with Gasteiger partial charge in [0.2, 0.25) is 10.9 Å². The Labute approximate surface area is 229 Å². The number of benzene rings is 3. The van der Waals surface area contributed by atoms with Crippen molar-refractivity contribution in [1.82, 2.24) is 10.2 Å². The molecule has 1 unspecified atom stereocenters. The predicted octanol–water partition coefficient (Wildman–Crippen LogP) is 7.00. The van der Waals surface area contributed by atoms with Crippen molar-refractivity contribution in [3.8, 4) is 11.5 Å². The maximum absolute atomic E-state index is 14.0. The Hall–Kier alpha value is -4.30. The van der Waals surface area contributed by atoms with Crippen molar-refractivity contribution in [1.29, 1.82) is 0 Å². The molecule has 0 aliphatic carbocycles. The highest BCUT2D eigenvalue weighted by Gasteiger charge is 2.45. The minimum Gasteiger partial charge on any atom is -0.457 e. The fourth-order valence-corrected chi connectivity index (χ4v) is 5.96. The first-order chi connectivity index (χ1) is 18.8. The van der Waals surface area contributed by atoms with E-state index in [1.165, 1.54) is 16.2 Å². The molecule has 0 saturated carbocycles. The zero-order chi connectivity index (χ0) is 27.3. The quantitative estimate of drug-likeness (QED) is 0.232. The number of carbonyl (C=O) groups excluding carboxylic acids is 1. The van der Waals surface area contributed by atoms with Crippen LogP contribution in [0, 0.1) is 19.8 Å². The number of hydrogen-bond acceptors (Lipinski definition) is 7. The van der Waals surface area contributed by atoms with Crippen LogP contribution in [0.3, 0.4) is 0 Å². The van der Waals surface area contributed by atoms with Crippen molar-refractivity contribution in [2.45, 2.75) is 40.2 Å². The molecule has 0 N–H and O–H groups in total. The van der Waals surface area contributed by atoms with Crippen LogP contribution >= 0.6 is 11.3 Å². The van der Waals surface area contributed by atoms with E-state index in [2.05, 4.69) is 24.0 Å². The van der Waals surface area contributed by atoms with E-state index >= 15 is 0 Å². The second-order valence-corrected chi connectivity index (χ2v) is 11.3. The second-order valence-electron chi connectivity index (χ2n) is 10.2. The molecule has 0 saturated heterocycles. The summed E-state index contributed by atoms with van der Waals surface area (Å²) in [6, 6.07) is 19.8. The van der Waals surface area contributed by atoms with Gasteiger partial charge in [0.15, 0.2) is 5.43 Å². The summed E-state index contributed by atoms with van der Waals surface area (Å²) in [7, 11) is 0. The summed E-state index contributed by atoms with van der Waals surface area (Å²) in [5, 5.41) is 10.4. The van der Waals surface area contributed by atoms with E-state index in [0.717, 1.165) is 22.6 Å². The van der Waals surface area contributed by atoms with Gasteiger partial charge in [-0.1, -0.05) is 55.5 Å². The average molecular weight is 538 g/mol. The first-order valence-corrected chi connectivity index (χ1v) is 13.7. The predicted molar refractivity (Wildman–Crippen MR) is 152 cm³/mol. The van der Waals surface area contributed by atoms with Crippen LogP contribution in [0.25, 0.3) is 11.0 Å². The zero-order valence-electron chi connectivity index (χ0n) is 22.1. The van der Waals surface area contributed by atoms with Gasteiger partial charge in [-0.2, -0.15) is 0 Å². The van der Waals surface area contributed by atoms with Crippen LogP contribution in [0.2, 0.25) is 0 Å². The maximum Gasteiger partial charge on any atom is 0.297 e. The van der Waals surface area contributed by atoms with Crippen LogP contribution in [0.1, 0.15) is 57.7 Å². The molecule has 39 heavy (non-hydrogen) atoms. The number of nitrogens with zero attached hydrogens (tertiary/aromatic N) is 3. The van der Waals surface area contributed by atoms with Crippen molar-refractivity contribution < 1.29 is 13.9 Å². The normalized spacial score (nSPS) is 14.8. The monoisotopic (exact) mass is 537 g/mol. The van der Waals surface area contributed by atoms with Crippen molar-refractivity contribution in [3.63, 3.8) is 0 Å². The molecule has 2 aromatic heterocycles. The second kappa shape index (κ2) is 9.78. The van der Waals surface area contributed by atoms with Gasteiger partial charge in [-0.3, -0.25) is 14.5 Å².